The molecule has 0 amide bonds. The van der Waals surface area contributed by atoms with Crippen molar-refractivity contribution in [2.75, 3.05) is 0 Å². The molecule has 2 heteroatoms. The Hall–Kier alpha value is -2.68. The summed E-state index contributed by atoms with van der Waals surface area (Å²) in [5.74, 6) is 0. The van der Waals surface area contributed by atoms with Crippen molar-refractivity contribution in [2.45, 2.75) is 0 Å². The Kier molecular flexibility index (Phi) is 2.36. The van der Waals surface area contributed by atoms with Gasteiger partial charge in [0.05, 0.1) is 0 Å². The van der Waals surface area contributed by atoms with Crippen molar-refractivity contribution >= 4 is 84.6 Å². The Bertz CT molecular complexity index is 1390. The Morgan fingerprint density at radius 1 is 0.346 bits per heavy atom. The molecule has 0 fully saturated rings. The summed E-state index contributed by atoms with van der Waals surface area (Å²) in [6, 6.07) is 27.1. The summed E-state index contributed by atoms with van der Waals surface area (Å²) in [5.41, 5.74) is 0. The highest BCUT2D eigenvalue weighted by Gasteiger charge is 2.17. The highest BCUT2D eigenvalue weighted by atomic mass is 32.1. The molecule has 0 spiro atoms. The van der Waals surface area contributed by atoms with Crippen LogP contribution < -0.4 is 0 Å². The molecule has 2 aromatic heterocycles. The minimum absolute atomic E-state index is 1.38. The van der Waals surface area contributed by atoms with Crippen LogP contribution in [0.3, 0.4) is 0 Å². The van der Waals surface area contributed by atoms with Gasteiger partial charge in [0.25, 0.3) is 0 Å². The lowest BCUT2D eigenvalue weighted by Gasteiger charge is -2.07. The van der Waals surface area contributed by atoms with Gasteiger partial charge in [-0.2, -0.15) is 0 Å². The van der Waals surface area contributed by atoms with Gasteiger partial charge < -0.3 is 0 Å². The van der Waals surface area contributed by atoms with Crippen LogP contribution in [0.5, 0.6) is 0 Å². The van der Waals surface area contributed by atoms with E-state index >= 15 is 0 Å². The van der Waals surface area contributed by atoms with Gasteiger partial charge in [-0.25, -0.2) is 0 Å². The molecule has 0 N–H and O–H groups in total. The lowest BCUT2D eigenvalue weighted by Crippen LogP contribution is -1.80. The van der Waals surface area contributed by atoms with Crippen LogP contribution in [0.2, 0.25) is 0 Å². The van der Waals surface area contributed by atoms with Gasteiger partial charge in [-0.1, -0.05) is 48.5 Å². The fraction of sp³-hybridized carbons (Fsp3) is 0. The SMILES string of the molecule is c1cc2sc3cccc4c5cccc6sc7cccc(c(c1)c2c34)c7c65. The van der Waals surface area contributed by atoms with Crippen LogP contribution >= 0.6 is 22.7 Å². The lowest BCUT2D eigenvalue weighted by atomic mass is 9.95. The van der Waals surface area contributed by atoms with Crippen LogP contribution in [0.25, 0.3) is 61.9 Å². The van der Waals surface area contributed by atoms with Crippen LogP contribution in [0.1, 0.15) is 0 Å². The third-order valence-electron chi connectivity index (χ3n) is 5.63. The minimum Gasteiger partial charge on any atom is -0.135 e. The molecule has 7 rings (SSSR count). The second kappa shape index (κ2) is 4.53. The maximum atomic E-state index is 2.30. The average molecular weight is 364 g/mol. The number of hydrogen-bond donors (Lipinski definition) is 0. The zero-order valence-electron chi connectivity index (χ0n) is 13.7. The van der Waals surface area contributed by atoms with Crippen molar-refractivity contribution in [1.82, 2.24) is 0 Å². The van der Waals surface area contributed by atoms with E-state index in [-0.39, 0.29) is 0 Å². The monoisotopic (exact) mass is 364 g/mol. The summed E-state index contributed by atoms with van der Waals surface area (Å²) in [6.07, 6.45) is 0. The second-order valence-corrected chi connectivity index (χ2v) is 9.09. The number of thiophene rings is 2. The summed E-state index contributed by atoms with van der Waals surface area (Å²) in [7, 11) is 0. The van der Waals surface area contributed by atoms with E-state index in [1.807, 2.05) is 22.7 Å². The van der Waals surface area contributed by atoms with E-state index in [0.29, 0.717) is 0 Å². The molecule has 5 aromatic carbocycles. The quantitative estimate of drug-likeness (QED) is 0.254. The highest BCUT2D eigenvalue weighted by Crippen LogP contribution is 2.47. The van der Waals surface area contributed by atoms with Crippen LogP contribution in [0, 0.1) is 0 Å². The van der Waals surface area contributed by atoms with Crippen molar-refractivity contribution in [3.05, 3.63) is 72.8 Å². The van der Waals surface area contributed by atoms with Gasteiger partial charge in [0.15, 0.2) is 0 Å². The summed E-state index contributed by atoms with van der Waals surface area (Å²) in [5, 5.41) is 11.2. The van der Waals surface area contributed by atoms with Crippen LogP contribution in [-0.4, -0.2) is 0 Å². The second-order valence-electron chi connectivity index (χ2n) is 6.92. The standard InChI is InChI=1S/C24H12S2/c1-5-13-14-6-2-11-19-22(14)24-16(8-4-12-20(24)26-19)15-7-3-10-18-23(15)21(13)17(9-1)25-18/h1-12H. The molecule has 0 aliphatic heterocycles. The molecule has 0 saturated carbocycles. The van der Waals surface area contributed by atoms with E-state index in [2.05, 4.69) is 72.8 Å². The number of hydrogen-bond acceptors (Lipinski definition) is 2. The smallest absolute Gasteiger partial charge is 0.0361 e. The molecule has 0 aliphatic rings. The largest absolute Gasteiger partial charge is 0.135 e. The summed E-state index contributed by atoms with van der Waals surface area (Å²) < 4.78 is 5.53. The van der Waals surface area contributed by atoms with Crippen molar-refractivity contribution in [3.63, 3.8) is 0 Å². The minimum atomic E-state index is 1.38. The molecule has 0 atom stereocenters. The van der Waals surface area contributed by atoms with Crippen LogP contribution in [0.4, 0.5) is 0 Å². The molecule has 0 aliphatic carbocycles. The Morgan fingerprint density at radius 2 is 0.615 bits per heavy atom. The maximum Gasteiger partial charge on any atom is 0.0361 e. The first-order chi connectivity index (χ1) is 12.9. The summed E-state index contributed by atoms with van der Waals surface area (Å²) in [6.45, 7) is 0. The predicted molar refractivity (Wildman–Crippen MR) is 118 cm³/mol. The van der Waals surface area contributed by atoms with E-state index in [4.69, 9.17) is 0 Å². The summed E-state index contributed by atoms with van der Waals surface area (Å²) >= 11 is 3.82. The van der Waals surface area contributed by atoms with Crippen LogP contribution in [-0.2, 0) is 0 Å². The van der Waals surface area contributed by atoms with Gasteiger partial charge in [0, 0.05) is 40.3 Å². The van der Waals surface area contributed by atoms with Gasteiger partial charge in [0.2, 0.25) is 0 Å². The molecular weight excluding hydrogens is 352 g/mol. The molecule has 120 valence electrons. The fourth-order valence-corrected chi connectivity index (χ4v) is 6.95. The van der Waals surface area contributed by atoms with Crippen molar-refractivity contribution in [1.29, 1.82) is 0 Å². The van der Waals surface area contributed by atoms with E-state index in [0.717, 1.165) is 0 Å². The fourth-order valence-electron chi connectivity index (χ4n) is 4.63. The van der Waals surface area contributed by atoms with Gasteiger partial charge >= 0.3 is 0 Å². The predicted octanol–water partition coefficient (Wildman–Crippen LogP) is 8.17. The number of rotatable bonds is 0. The van der Waals surface area contributed by atoms with E-state index in [1.54, 1.807) is 0 Å². The maximum absolute atomic E-state index is 2.30. The van der Waals surface area contributed by atoms with Gasteiger partial charge in [-0.15, -0.1) is 22.7 Å². The number of benzene rings is 4. The summed E-state index contributed by atoms with van der Waals surface area (Å²) in [4.78, 5) is 0. The molecule has 0 radical (unpaired) electrons. The first kappa shape index (κ1) is 13.5. The van der Waals surface area contributed by atoms with E-state index in [1.165, 1.54) is 61.9 Å². The zero-order valence-corrected chi connectivity index (χ0v) is 15.4. The first-order valence-electron chi connectivity index (χ1n) is 8.79. The van der Waals surface area contributed by atoms with Crippen molar-refractivity contribution in [2.24, 2.45) is 0 Å². The third-order valence-corrected chi connectivity index (χ3v) is 7.87. The van der Waals surface area contributed by atoms with Gasteiger partial charge in [-0.3, -0.25) is 0 Å². The molecular formula is C24H12S2. The van der Waals surface area contributed by atoms with Gasteiger partial charge in [0.1, 0.15) is 0 Å². The molecule has 0 saturated heterocycles. The van der Waals surface area contributed by atoms with Crippen molar-refractivity contribution < 1.29 is 0 Å². The Balaban J connectivity index is 2.07. The normalized spacial score (nSPS) is 12.6. The molecule has 0 unspecified atom stereocenters. The Morgan fingerprint density at radius 3 is 0.885 bits per heavy atom. The van der Waals surface area contributed by atoms with Gasteiger partial charge in [-0.05, 0) is 45.8 Å². The molecule has 0 bridgehead atoms. The Labute approximate surface area is 157 Å². The van der Waals surface area contributed by atoms with E-state index in [9.17, 15) is 0 Å². The highest BCUT2D eigenvalue weighted by molar-refractivity contribution is 7.26. The van der Waals surface area contributed by atoms with E-state index < -0.39 is 0 Å². The number of fused-ring (bicyclic) bond motifs is 2. The first-order valence-corrected chi connectivity index (χ1v) is 10.4. The topological polar surface area (TPSA) is 0 Å². The average Bonchev–Trinajstić information content (AvgIpc) is 3.24. The lowest BCUT2D eigenvalue weighted by molar-refractivity contribution is 1.87. The molecule has 0 nitrogen and oxygen atoms in total. The molecule has 2 heterocycles. The van der Waals surface area contributed by atoms with Crippen molar-refractivity contribution in [3.8, 4) is 0 Å². The van der Waals surface area contributed by atoms with Crippen LogP contribution in [0.15, 0.2) is 72.8 Å². The molecule has 7 aromatic rings. The third kappa shape index (κ3) is 1.47. The zero-order chi connectivity index (χ0) is 16.8. The molecule has 26 heavy (non-hydrogen) atoms.